The predicted molar refractivity (Wildman–Crippen MR) is 125 cm³/mol. The molecule has 0 spiro atoms. The van der Waals surface area contributed by atoms with Crippen molar-refractivity contribution in [3.8, 4) is 17.7 Å². The van der Waals surface area contributed by atoms with E-state index < -0.39 is 11.5 Å². The minimum atomic E-state index is -0.580. The zero-order valence-electron chi connectivity index (χ0n) is 18.9. The molecule has 0 saturated carbocycles. The number of ether oxygens (including phenoxy) is 2. The molecule has 33 heavy (non-hydrogen) atoms. The largest absolute Gasteiger partial charge is 0.438 e. The number of benzene rings is 1. The van der Waals surface area contributed by atoms with Gasteiger partial charge in [0, 0.05) is 26.0 Å². The Morgan fingerprint density at radius 1 is 1.27 bits per heavy atom. The summed E-state index contributed by atoms with van der Waals surface area (Å²) in [5, 5.41) is 12.3. The van der Waals surface area contributed by atoms with Crippen LogP contribution in [0.25, 0.3) is 11.7 Å². The SMILES string of the molecule is CCOCCCNC(=O)/C(C#N)=C/c1c(Oc2ccc(C)cc2C)nc2ccccn2c1=O. The first-order chi connectivity index (χ1) is 15.9. The number of fused-ring (bicyclic) bond motifs is 1. The third-order valence-electron chi connectivity index (χ3n) is 4.88. The Balaban J connectivity index is 2.01. The van der Waals surface area contributed by atoms with E-state index in [0.717, 1.165) is 11.1 Å². The van der Waals surface area contributed by atoms with Crippen molar-refractivity contribution in [2.45, 2.75) is 27.2 Å². The molecule has 1 N–H and O–H groups in total. The number of carbonyl (C=O) groups excluding carboxylic acids is 1. The van der Waals surface area contributed by atoms with Crippen LogP contribution in [0.3, 0.4) is 0 Å². The third-order valence-corrected chi connectivity index (χ3v) is 4.88. The van der Waals surface area contributed by atoms with E-state index in [1.165, 1.54) is 10.5 Å². The fourth-order valence-corrected chi connectivity index (χ4v) is 3.21. The molecule has 2 heterocycles. The van der Waals surface area contributed by atoms with E-state index in [9.17, 15) is 14.9 Å². The molecular formula is C25H26N4O4. The summed E-state index contributed by atoms with van der Waals surface area (Å²) in [6.45, 7) is 7.20. The molecule has 0 aliphatic carbocycles. The maximum atomic E-state index is 13.2. The van der Waals surface area contributed by atoms with Crippen molar-refractivity contribution in [3.05, 3.63) is 75.2 Å². The fraction of sp³-hybridized carbons (Fsp3) is 0.280. The average molecular weight is 447 g/mol. The molecule has 0 atom stereocenters. The van der Waals surface area contributed by atoms with Crippen molar-refractivity contribution in [3.63, 3.8) is 0 Å². The minimum absolute atomic E-state index is 0.0136. The van der Waals surface area contributed by atoms with Gasteiger partial charge in [-0.2, -0.15) is 10.2 Å². The quantitative estimate of drug-likeness (QED) is 0.306. The highest BCUT2D eigenvalue weighted by molar-refractivity contribution is 6.01. The molecule has 0 radical (unpaired) electrons. The van der Waals surface area contributed by atoms with Gasteiger partial charge in [0.05, 0.1) is 0 Å². The molecule has 0 aliphatic rings. The first kappa shape index (κ1) is 23.7. The number of hydrogen-bond acceptors (Lipinski definition) is 6. The van der Waals surface area contributed by atoms with Crippen LogP contribution in [-0.2, 0) is 9.53 Å². The van der Waals surface area contributed by atoms with Gasteiger partial charge in [-0.1, -0.05) is 23.8 Å². The lowest BCUT2D eigenvalue weighted by atomic mass is 10.1. The lowest BCUT2D eigenvalue weighted by Gasteiger charge is -2.12. The topological polar surface area (TPSA) is 106 Å². The smallest absolute Gasteiger partial charge is 0.269 e. The summed E-state index contributed by atoms with van der Waals surface area (Å²) in [6, 6.07) is 12.7. The molecule has 170 valence electrons. The number of carbonyl (C=O) groups is 1. The van der Waals surface area contributed by atoms with Gasteiger partial charge in [-0.15, -0.1) is 0 Å². The van der Waals surface area contributed by atoms with Gasteiger partial charge in [0.25, 0.3) is 11.5 Å². The van der Waals surface area contributed by atoms with Crippen LogP contribution in [0, 0.1) is 25.2 Å². The van der Waals surface area contributed by atoms with Gasteiger partial charge in [0.15, 0.2) is 0 Å². The van der Waals surface area contributed by atoms with Gasteiger partial charge in [-0.3, -0.25) is 14.0 Å². The van der Waals surface area contributed by atoms with Crippen LogP contribution in [0.2, 0.25) is 0 Å². The van der Waals surface area contributed by atoms with Gasteiger partial charge >= 0.3 is 0 Å². The molecule has 8 nitrogen and oxygen atoms in total. The molecule has 0 saturated heterocycles. The summed E-state index contributed by atoms with van der Waals surface area (Å²) < 4.78 is 12.6. The zero-order valence-corrected chi connectivity index (χ0v) is 18.9. The summed E-state index contributed by atoms with van der Waals surface area (Å²) in [6.07, 6.45) is 3.41. The standard InChI is InChI=1S/C25H26N4O4/c1-4-32-13-7-11-27-23(30)19(16-26)15-20-24(33-21-10-9-17(2)14-18(21)3)28-22-8-5-6-12-29(22)25(20)31/h5-6,8-10,12,14-15H,4,7,11,13H2,1-3H3,(H,27,30)/b19-15+. The van der Waals surface area contributed by atoms with E-state index in [1.54, 1.807) is 30.5 Å². The van der Waals surface area contributed by atoms with Crippen LogP contribution in [-0.4, -0.2) is 35.1 Å². The number of nitriles is 1. The molecule has 8 heteroatoms. The highest BCUT2D eigenvalue weighted by Gasteiger charge is 2.17. The number of nitrogens with one attached hydrogen (secondary N) is 1. The van der Waals surface area contributed by atoms with E-state index in [4.69, 9.17) is 9.47 Å². The monoisotopic (exact) mass is 446 g/mol. The Morgan fingerprint density at radius 3 is 2.82 bits per heavy atom. The minimum Gasteiger partial charge on any atom is -0.438 e. The van der Waals surface area contributed by atoms with Crippen LogP contribution in [0.5, 0.6) is 11.6 Å². The van der Waals surface area contributed by atoms with Gasteiger partial charge < -0.3 is 14.8 Å². The van der Waals surface area contributed by atoms with Crippen LogP contribution in [0.15, 0.2) is 53.0 Å². The summed E-state index contributed by atoms with van der Waals surface area (Å²) >= 11 is 0. The van der Waals surface area contributed by atoms with Crippen molar-refractivity contribution in [2.75, 3.05) is 19.8 Å². The number of pyridine rings is 1. The Morgan fingerprint density at radius 2 is 2.09 bits per heavy atom. The fourth-order valence-electron chi connectivity index (χ4n) is 3.21. The molecule has 0 fully saturated rings. The number of amides is 1. The maximum absolute atomic E-state index is 13.2. The number of aromatic nitrogens is 2. The summed E-state index contributed by atoms with van der Waals surface area (Å²) in [4.78, 5) is 30.2. The summed E-state index contributed by atoms with van der Waals surface area (Å²) in [5.74, 6) is -0.0274. The van der Waals surface area contributed by atoms with Crippen LogP contribution >= 0.6 is 0 Å². The van der Waals surface area contributed by atoms with Crippen molar-refractivity contribution >= 4 is 17.6 Å². The second-order valence-corrected chi connectivity index (χ2v) is 7.41. The summed E-state index contributed by atoms with van der Waals surface area (Å²) in [5.41, 5.74) is 1.67. The maximum Gasteiger partial charge on any atom is 0.269 e. The second kappa shape index (κ2) is 11.1. The molecule has 3 aromatic rings. The van der Waals surface area contributed by atoms with Gasteiger partial charge in [-0.05, 0) is 57.0 Å². The van der Waals surface area contributed by atoms with Gasteiger partial charge in [0.2, 0.25) is 5.88 Å². The molecule has 2 aromatic heterocycles. The third kappa shape index (κ3) is 5.84. The van der Waals surface area contributed by atoms with E-state index in [0.29, 0.717) is 37.6 Å². The highest BCUT2D eigenvalue weighted by atomic mass is 16.5. The van der Waals surface area contributed by atoms with Crippen molar-refractivity contribution in [1.29, 1.82) is 5.26 Å². The Kier molecular flexibility index (Phi) is 7.95. The van der Waals surface area contributed by atoms with Gasteiger partial charge in [0.1, 0.15) is 28.6 Å². The van der Waals surface area contributed by atoms with Crippen molar-refractivity contribution in [2.24, 2.45) is 0 Å². The molecule has 3 rings (SSSR count). The Bertz CT molecular complexity index is 1290. The molecule has 0 aliphatic heterocycles. The van der Waals surface area contributed by atoms with Crippen molar-refractivity contribution in [1.82, 2.24) is 14.7 Å². The average Bonchev–Trinajstić information content (AvgIpc) is 2.80. The lowest BCUT2D eigenvalue weighted by molar-refractivity contribution is -0.117. The molecule has 1 aromatic carbocycles. The highest BCUT2D eigenvalue weighted by Crippen LogP contribution is 2.27. The Hall–Kier alpha value is -3.96. The first-order valence-corrected chi connectivity index (χ1v) is 10.7. The number of nitrogens with zero attached hydrogens (tertiary/aromatic N) is 3. The number of hydrogen-bond donors (Lipinski definition) is 1. The second-order valence-electron chi connectivity index (χ2n) is 7.41. The molecule has 0 unspecified atom stereocenters. The van der Waals surface area contributed by atoms with E-state index >= 15 is 0 Å². The lowest BCUT2D eigenvalue weighted by Crippen LogP contribution is -2.27. The van der Waals surface area contributed by atoms with Crippen LogP contribution < -0.4 is 15.6 Å². The normalized spacial score (nSPS) is 11.3. The molecular weight excluding hydrogens is 420 g/mol. The molecule has 0 bridgehead atoms. The van der Waals surface area contributed by atoms with E-state index in [2.05, 4.69) is 10.3 Å². The first-order valence-electron chi connectivity index (χ1n) is 10.7. The number of aryl methyl sites for hydroxylation is 2. The molecule has 1 amide bonds. The predicted octanol–water partition coefficient (Wildman–Crippen LogP) is 3.55. The van der Waals surface area contributed by atoms with E-state index in [1.807, 2.05) is 39.0 Å². The van der Waals surface area contributed by atoms with Crippen LogP contribution in [0.4, 0.5) is 0 Å². The summed E-state index contributed by atoms with van der Waals surface area (Å²) in [7, 11) is 0. The zero-order chi connectivity index (χ0) is 23.8. The van der Waals surface area contributed by atoms with Crippen molar-refractivity contribution < 1.29 is 14.3 Å². The van der Waals surface area contributed by atoms with E-state index in [-0.39, 0.29) is 17.0 Å². The number of rotatable bonds is 9. The Labute approximate surface area is 192 Å². The van der Waals surface area contributed by atoms with Gasteiger partial charge in [-0.25, -0.2) is 0 Å². The van der Waals surface area contributed by atoms with Crippen LogP contribution in [0.1, 0.15) is 30.0 Å².